The predicted molar refractivity (Wildman–Crippen MR) is 114 cm³/mol. The summed E-state index contributed by atoms with van der Waals surface area (Å²) in [5.74, 6) is -0.937. The van der Waals surface area contributed by atoms with Gasteiger partial charge in [0, 0.05) is 6.20 Å². The van der Waals surface area contributed by atoms with E-state index >= 15 is 0 Å². The van der Waals surface area contributed by atoms with Crippen LogP contribution in [0, 0.1) is 5.92 Å². The van der Waals surface area contributed by atoms with Gasteiger partial charge in [-0.05, 0) is 32.8 Å². The normalized spacial score (nSPS) is 35.1. The quantitative estimate of drug-likeness (QED) is 0.307. The van der Waals surface area contributed by atoms with Gasteiger partial charge in [0.1, 0.15) is 17.8 Å². The number of aromatic nitrogens is 3. The van der Waals surface area contributed by atoms with Gasteiger partial charge in [0.05, 0.1) is 16.9 Å². The highest BCUT2D eigenvalue weighted by atomic mass is 31.2. The van der Waals surface area contributed by atoms with Crippen LogP contribution < -0.4 is 11.3 Å². The first-order valence-corrected chi connectivity index (χ1v) is 12.0. The highest BCUT2D eigenvalue weighted by Gasteiger charge is 2.81. The van der Waals surface area contributed by atoms with Gasteiger partial charge in [0.15, 0.2) is 17.2 Å². The van der Waals surface area contributed by atoms with Crippen LogP contribution in [-0.2, 0) is 13.8 Å². The number of ether oxygens (including phenoxy) is 1. The van der Waals surface area contributed by atoms with Crippen molar-refractivity contribution in [2.75, 3.05) is 5.73 Å². The molecule has 178 valence electrons. The Labute approximate surface area is 183 Å². The highest BCUT2D eigenvalue weighted by molar-refractivity contribution is 7.54. The van der Waals surface area contributed by atoms with Crippen LogP contribution >= 0.6 is 7.60 Å². The number of nitrogen functional groups attached to an aromatic ring is 1. The van der Waals surface area contributed by atoms with Crippen LogP contribution in [0.4, 0.5) is 5.95 Å². The molecule has 7 N–H and O–H groups in total. The molecule has 0 radical (unpaired) electrons. The van der Waals surface area contributed by atoms with E-state index in [0.717, 1.165) is 0 Å². The van der Waals surface area contributed by atoms with Crippen LogP contribution in [0.1, 0.15) is 46.8 Å². The number of anilines is 1. The molecule has 8 atom stereocenters. The molecule has 2 aromatic rings. The molecule has 0 amide bonds. The second kappa shape index (κ2) is 7.10. The zero-order valence-corrected chi connectivity index (χ0v) is 19.1. The van der Waals surface area contributed by atoms with Crippen LogP contribution in [0.15, 0.2) is 17.1 Å². The van der Waals surface area contributed by atoms with Crippen molar-refractivity contribution in [1.29, 1.82) is 0 Å². The molecular weight excluding hydrogens is 443 g/mol. The molecule has 1 aliphatic heterocycles. The van der Waals surface area contributed by atoms with E-state index in [9.17, 15) is 29.6 Å². The second-order valence-electron chi connectivity index (χ2n) is 9.02. The zero-order chi connectivity index (χ0) is 23.9. The Hall–Kier alpha value is -1.79. The van der Waals surface area contributed by atoms with Gasteiger partial charge in [-0.15, -0.1) is 0 Å². The summed E-state index contributed by atoms with van der Waals surface area (Å²) in [5, 5.41) is 30.8. The number of nitrogens with zero attached hydrogens (tertiary/aromatic N) is 2. The van der Waals surface area contributed by atoms with Crippen LogP contribution in [0.5, 0.6) is 0 Å². The lowest BCUT2D eigenvalue weighted by atomic mass is 9.92. The maximum Gasteiger partial charge on any atom is 0.359 e. The minimum absolute atomic E-state index is 0.0178. The monoisotopic (exact) mass is 472 g/mol. The molecule has 1 aliphatic carbocycles. The third-order valence-corrected chi connectivity index (χ3v) is 9.22. The minimum atomic E-state index is -4.50. The van der Waals surface area contributed by atoms with E-state index in [1.807, 2.05) is 0 Å². The molecule has 5 unspecified atom stereocenters. The fourth-order valence-corrected chi connectivity index (χ4v) is 5.97. The number of aliphatic hydroxyl groups is 3. The van der Waals surface area contributed by atoms with Crippen LogP contribution in [0.25, 0.3) is 11.0 Å². The first-order chi connectivity index (χ1) is 14.7. The third kappa shape index (κ3) is 3.09. The van der Waals surface area contributed by atoms with Crippen molar-refractivity contribution < 1.29 is 34.0 Å². The van der Waals surface area contributed by atoms with Gasteiger partial charge >= 0.3 is 7.60 Å². The van der Waals surface area contributed by atoms with E-state index in [4.69, 9.17) is 15.0 Å². The summed E-state index contributed by atoms with van der Waals surface area (Å²) in [6.07, 6.45) is -1.73. The molecule has 13 heteroatoms. The molecule has 32 heavy (non-hydrogen) atoms. The average molecular weight is 472 g/mol. The van der Waals surface area contributed by atoms with Gasteiger partial charge in [-0.3, -0.25) is 18.9 Å². The molecule has 0 spiro atoms. The third-order valence-electron chi connectivity index (χ3n) is 7.02. The van der Waals surface area contributed by atoms with Gasteiger partial charge in [0.2, 0.25) is 5.95 Å². The summed E-state index contributed by atoms with van der Waals surface area (Å²) >= 11 is 0. The number of aromatic amines is 1. The van der Waals surface area contributed by atoms with Crippen LogP contribution in [0.3, 0.4) is 0 Å². The molecule has 1 saturated heterocycles. The Balaban J connectivity index is 1.63. The first kappa shape index (κ1) is 23.4. The van der Waals surface area contributed by atoms with Gasteiger partial charge in [-0.1, -0.05) is 13.8 Å². The number of aliphatic hydroxyl groups excluding tert-OH is 1. The highest BCUT2D eigenvalue weighted by Crippen LogP contribution is 2.68. The number of hydrogen-bond donors (Lipinski definition) is 6. The Bertz CT molecular complexity index is 1160. The Kier molecular flexibility index (Phi) is 5.19. The summed E-state index contributed by atoms with van der Waals surface area (Å²) in [6, 6.07) is 1.50. The van der Waals surface area contributed by atoms with Crippen LogP contribution in [0.2, 0.25) is 0 Å². The molecule has 4 rings (SSSR count). The van der Waals surface area contributed by atoms with Crippen molar-refractivity contribution in [3.63, 3.8) is 0 Å². The largest absolute Gasteiger partial charge is 0.385 e. The molecule has 0 bridgehead atoms. The van der Waals surface area contributed by atoms with E-state index in [0.29, 0.717) is 0 Å². The lowest BCUT2D eigenvalue weighted by Crippen LogP contribution is -2.44. The maximum atomic E-state index is 12.8. The standard InChI is InChI=1S/C19H29N4O8P/c1-5-17(3,31-32(28,29)18(4,26)6-2)10-12-19(10,27)11(24)15(30-12)23-8-7-9-13(23)21-16(20)22-14(9)25/h7-8,10-12,15,24,26-27H,5-6H2,1-4H3,(H,28,29)(H3,20,21,22,25)/t10?,11-,12?,15+,17?,18?,19-/m0/s1. The second-order valence-corrected chi connectivity index (χ2v) is 11.2. The number of H-pyrrole nitrogens is 1. The first-order valence-electron chi connectivity index (χ1n) is 10.4. The topological polar surface area (TPSA) is 193 Å². The van der Waals surface area contributed by atoms with E-state index in [1.165, 1.54) is 23.8 Å². The summed E-state index contributed by atoms with van der Waals surface area (Å²) in [7, 11) is -4.50. The molecular formula is C19H29N4O8P. The Morgan fingerprint density at radius 1 is 1.41 bits per heavy atom. The van der Waals surface area contributed by atoms with Gasteiger partial charge < -0.3 is 35.3 Å². The van der Waals surface area contributed by atoms with E-state index in [1.54, 1.807) is 20.8 Å². The maximum absolute atomic E-state index is 12.8. The fraction of sp³-hybridized carbons (Fsp3) is 0.684. The van der Waals surface area contributed by atoms with E-state index in [2.05, 4.69) is 9.97 Å². The van der Waals surface area contributed by atoms with Crippen molar-refractivity contribution in [3.05, 3.63) is 22.6 Å². The van der Waals surface area contributed by atoms with Crippen molar-refractivity contribution in [2.24, 2.45) is 5.92 Å². The number of fused-ring (bicyclic) bond motifs is 2. The smallest absolute Gasteiger partial charge is 0.359 e. The van der Waals surface area contributed by atoms with Gasteiger partial charge in [-0.25, -0.2) is 0 Å². The molecule has 0 aromatic carbocycles. The Morgan fingerprint density at radius 3 is 2.59 bits per heavy atom. The average Bonchev–Trinajstić information content (AvgIpc) is 2.97. The fourth-order valence-electron chi connectivity index (χ4n) is 4.57. The molecule has 2 fully saturated rings. The van der Waals surface area contributed by atoms with E-state index in [-0.39, 0.29) is 29.8 Å². The molecule has 1 saturated carbocycles. The van der Waals surface area contributed by atoms with Crippen LogP contribution in [-0.4, -0.2) is 63.5 Å². The zero-order valence-electron chi connectivity index (χ0n) is 18.2. The van der Waals surface area contributed by atoms with Crippen molar-refractivity contribution in [1.82, 2.24) is 14.5 Å². The van der Waals surface area contributed by atoms with E-state index < -0.39 is 54.1 Å². The van der Waals surface area contributed by atoms with Crippen molar-refractivity contribution in [3.8, 4) is 0 Å². The lowest BCUT2D eigenvalue weighted by molar-refractivity contribution is -0.111. The van der Waals surface area contributed by atoms with Crippen molar-refractivity contribution >= 4 is 24.6 Å². The summed E-state index contributed by atoms with van der Waals surface area (Å²) in [4.78, 5) is 29.0. The molecule has 2 aromatic heterocycles. The molecule has 3 heterocycles. The minimum Gasteiger partial charge on any atom is -0.385 e. The summed E-state index contributed by atoms with van der Waals surface area (Å²) in [6.45, 7) is 6.02. The number of nitrogens with two attached hydrogens (primary N) is 1. The molecule has 2 aliphatic rings. The summed E-state index contributed by atoms with van der Waals surface area (Å²) in [5.41, 5.74) is 2.23. The molecule has 12 nitrogen and oxygen atoms in total. The summed E-state index contributed by atoms with van der Waals surface area (Å²) < 4.78 is 25.7. The van der Waals surface area contributed by atoms with Gasteiger partial charge in [-0.2, -0.15) is 4.98 Å². The SMILES string of the molecule is CCC(C)(OP(=O)(O)C(C)(O)CC)C1C2O[C@@H](n3ccc4c(=O)[nH]c(N)nc43)[C@H](O)[C@]21O. The number of rotatable bonds is 7. The van der Waals surface area contributed by atoms with Gasteiger partial charge in [0.25, 0.3) is 5.56 Å². The van der Waals surface area contributed by atoms with Crippen molar-refractivity contribution in [2.45, 2.75) is 75.5 Å². The predicted octanol–water partition coefficient (Wildman–Crippen LogP) is 0.415. The number of nitrogens with one attached hydrogen (secondary N) is 1. The number of hydrogen-bond acceptors (Lipinski definition) is 9. The Morgan fingerprint density at radius 2 is 2.06 bits per heavy atom. The lowest BCUT2D eigenvalue weighted by Gasteiger charge is -2.38.